The lowest BCUT2D eigenvalue weighted by Gasteiger charge is -2.39. The Kier molecular flexibility index (Phi) is 6.11. The molecule has 0 saturated carbocycles. The highest BCUT2D eigenvalue weighted by molar-refractivity contribution is 5.89. The minimum absolute atomic E-state index is 0.211. The third kappa shape index (κ3) is 4.50. The molecule has 1 aromatic heterocycles. The number of urea groups is 1. The largest absolute Gasteiger partial charge is 0.377 e. The topological polar surface area (TPSA) is 91.4 Å². The SMILES string of the molecule is CCNC(=O)Nc1ccc(-c2nc(N3CCOC[C@@H]3C)c3c(n2)C(C)(C)NCC3)cc1. The Morgan fingerprint density at radius 3 is 2.77 bits per heavy atom. The van der Waals surface area contributed by atoms with Crippen molar-refractivity contribution < 1.29 is 9.53 Å². The van der Waals surface area contributed by atoms with Gasteiger partial charge in [0.1, 0.15) is 5.82 Å². The molecule has 2 aromatic rings. The van der Waals surface area contributed by atoms with E-state index in [1.54, 1.807) is 0 Å². The first-order valence-corrected chi connectivity index (χ1v) is 11.0. The number of hydrogen-bond donors (Lipinski definition) is 3. The fourth-order valence-electron chi connectivity index (χ4n) is 4.25. The third-order valence-corrected chi connectivity index (χ3v) is 5.90. The normalized spacial score (nSPS) is 20.1. The second-order valence-electron chi connectivity index (χ2n) is 8.68. The second kappa shape index (κ2) is 8.80. The predicted molar refractivity (Wildman–Crippen MR) is 123 cm³/mol. The molecule has 0 bridgehead atoms. The molecule has 0 aliphatic carbocycles. The second-order valence-corrected chi connectivity index (χ2v) is 8.68. The summed E-state index contributed by atoms with van der Waals surface area (Å²) in [6.45, 7) is 12.2. The maximum absolute atomic E-state index is 11.8. The van der Waals surface area contributed by atoms with Crippen LogP contribution in [0.25, 0.3) is 11.4 Å². The number of amides is 2. The Labute approximate surface area is 183 Å². The van der Waals surface area contributed by atoms with Crippen LogP contribution >= 0.6 is 0 Å². The maximum atomic E-state index is 11.8. The van der Waals surface area contributed by atoms with Gasteiger partial charge >= 0.3 is 6.03 Å². The number of rotatable bonds is 4. The van der Waals surface area contributed by atoms with Crippen LogP contribution in [-0.2, 0) is 16.7 Å². The molecule has 31 heavy (non-hydrogen) atoms. The summed E-state index contributed by atoms with van der Waals surface area (Å²) >= 11 is 0. The summed E-state index contributed by atoms with van der Waals surface area (Å²) in [4.78, 5) is 24.2. The Balaban J connectivity index is 1.73. The number of nitrogens with one attached hydrogen (secondary N) is 3. The van der Waals surface area contributed by atoms with Gasteiger partial charge in [0.05, 0.1) is 30.5 Å². The highest BCUT2D eigenvalue weighted by Gasteiger charge is 2.34. The molecule has 1 fully saturated rings. The van der Waals surface area contributed by atoms with E-state index < -0.39 is 0 Å². The summed E-state index contributed by atoms with van der Waals surface area (Å²) in [6, 6.07) is 7.73. The van der Waals surface area contributed by atoms with E-state index in [9.17, 15) is 4.79 Å². The zero-order valence-corrected chi connectivity index (χ0v) is 18.8. The smallest absolute Gasteiger partial charge is 0.319 e. The number of fused-ring (bicyclic) bond motifs is 1. The van der Waals surface area contributed by atoms with E-state index >= 15 is 0 Å². The van der Waals surface area contributed by atoms with Gasteiger partial charge in [0, 0.05) is 36.4 Å². The van der Waals surface area contributed by atoms with Gasteiger partial charge in [-0.15, -0.1) is 0 Å². The van der Waals surface area contributed by atoms with Crippen molar-refractivity contribution in [1.82, 2.24) is 20.6 Å². The molecule has 1 saturated heterocycles. The van der Waals surface area contributed by atoms with E-state index in [0.717, 1.165) is 42.3 Å². The molecule has 2 aliphatic rings. The van der Waals surface area contributed by atoms with Crippen molar-refractivity contribution in [3.05, 3.63) is 35.5 Å². The Bertz CT molecular complexity index is 944. The number of carbonyl (C=O) groups excluding carboxylic acids is 1. The zero-order chi connectivity index (χ0) is 22.0. The number of aromatic nitrogens is 2. The molecular formula is C23H32N6O2. The number of hydrogen-bond acceptors (Lipinski definition) is 6. The highest BCUT2D eigenvalue weighted by atomic mass is 16.5. The Morgan fingerprint density at radius 2 is 2.06 bits per heavy atom. The maximum Gasteiger partial charge on any atom is 0.319 e. The van der Waals surface area contributed by atoms with Crippen LogP contribution in [0.1, 0.15) is 39.0 Å². The Hall–Kier alpha value is -2.71. The monoisotopic (exact) mass is 424 g/mol. The van der Waals surface area contributed by atoms with Gasteiger partial charge in [-0.2, -0.15) is 0 Å². The van der Waals surface area contributed by atoms with Crippen LogP contribution < -0.4 is 20.9 Å². The first-order chi connectivity index (χ1) is 14.9. The standard InChI is InChI=1S/C23H32N6O2/c1-5-24-22(30)26-17-8-6-16(7-9-17)20-27-19-18(10-11-25-23(19,3)4)21(28-20)29-12-13-31-14-15(29)2/h6-9,15,25H,5,10-14H2,1-4H3,(H2,24,26,30)/t15-/m0/s1. The number of carbonyl (C=O) groups is 1. The zero-order valence-electron chi connectivity index (χ0n) is 18.8. The summed E-state index contributed by atoms with van der Waals surface area (Å²) in [5, 5.41) is 9.15. The summed E-state index contributed by atoms with van der Waals surface area (Å²) in [6.07, 6.45) is 0.911. The quantitative estimate of drug-likeness (QED) is 0.699. The lowest BCUT2D eigenvalue weighted by atomic mass is 9.89. The molecule has 2 amide bonds. The first kappa shape index (κ1) is 21.5. The average Bonchev–Trinajstić information content (AvgIpc) is 2.74. The number of ether oxygens (including phenoxy) is 1. The van der Waals surface area contributed by atoms with Gasteiger partial charge in [0.25, 0.3) is 0 Å². The van der Waals surface area contributed by atoms with Crippen LogP contribution in [-0.4, -0.2) is 54.9 Å². The lowest BCUT2D eigenvalue weighted by Crippen LogP contribution is -2.48. The molecule has 8 heteroatoms. The molecule has 3 heterocycles. The number of morpholine rings is 1. The molecule has 4 rings (SSSR count). The fraction of sp³-hybridized carbons (Fsp3) is 0.522. The van der Waals surface area contributed by atoms with E-state index in [4.69, 9.17) is 14.7 Å². The van der Waals surface area contributed by atoms with E-state index in [1.165, 1.54) is 5.56 Å². The van der Waals surface area contributed by atoms with Crippen LogP contribution in [0.2, 0.25) is 0 Å². The fourth-order valence-corrected chi connectivity index (χ4v) is 4.25. The minimum atomic E-state index is -0.227. The number of anilines is 2. The summed E-state index contributed by atoms with van der Waals surface area (Å²) in [5.74, 6) is 1.73. The van der Waals surface area contributed by atoms with Gasteiger partial charge in [-0.05, 0) is 58.4 Å². The van der Waals surface area contributed by atoms with E-state index in [-0.39, 0.29) is 17.6 Å². The van der Waals surface area contributed by atoms with Crippen molar-refractivity contribution in [3.63, 3.8) is 0 Å². The van der Waals surface area contributed by atoms with E-state index in [1.807, 2.05) is 31.2 Å². The number of nitrogens with zero attached hydrogens (tertiary/aromatic N) is 3. The molecule has 0 radical (unpaired) electrons. The molecule has 0 spiro atoms. The Morgan fingerprint density at radius 1 is 1.29 bits per heavy atom. The van der Waals surface area contributed by atoms with Gasteiger partial charge in [0.2, 0.25) is 0 Å². The number of benzene rings is 1. The molecule has 3 N–H and O–H groups in total. The van der Waals surface area contributed by atoms with E-state index in [2.05, 4.69) is 41.6 Å². The van der Waals surface area contributed by atoms with Gasteiger partial charge in [-0.25, -0.2) is 14.8 Å². The van der Waals surface area contributed by atoms with Gasteiger partial charge in [-0.1, -0.05) is 0 Å². The van der Waals surface area contributed by atoms with Crippen LogP contribution in [0.3, 0.4) is 0 Å². The van der Waals surface area contributed by atoms with Gasteiger partial charge in [0.15, 0.2) is 5.82 Å². The van der Waals surface area contributed by atoms with Crippen molar-refractivity contribution in [2.45, 2.75) is 45.7 Å². The molecule has 0 unspecified atom stereocenters. The molecule has 1 aromatic carbocycles. The molecule has 8 nitrogen and oxygen atoms in total. The summed E-state index contributed by atoms with van der Waals surface area (Å²) < 4.78 is 5.66. The van der Waals surface area contributed by atoms with Crippen molar-refractivity contribution in [2.24, 2.45) is 0 Å². The summed E-state index contributed by atoms with van der Waals surface area (Å²) in [5.41, 5.74) is 3.72. The lowest BCUT2D eigenvalue weighted by molar-refractivity contribution is 0.0983. The van der Waals surface area contributed by atoms with Crippen LogP contribution in [0.5, 0.6) is 0 Å². The predicted octanol–water partition coefficient (Wildman–Crippen LogP) is 2.89. The molecule has 1 atom stereocenters. The molecular weight excluding hydrogens is 392 g/mol. The average molecular weight is 425 g/mol. The third-order valence-electron chi connectivity index (χ3n) is 5.90. The van der Waals surface area contributed by atoms with Crippen LogP contribution in [0, 0.1) is 0 Å². The van der Waals surface area contributed by atoms with Crippen molar-refractivity contribution >= 4 is 17.5 Å². The van der Waals surface area contributed by atoms with Crippen molar-refractivity contribution in [1.29, 1.82) is 0 Å². The van der Waals surface area contributed by atoms with E-state index in [0.29, 0.717) is 25.6 Å². The first-order valence-electron chi connectivity index (χ1n) is 11.0. The van der Waals surface area contributed by atoms with Crippen molar-refractivity contribution in [3.8, 4) is 11.4 Å². The van der Waals surface area contributed by atoms with Crippen LogP contribution in [0.15, 0.2) is 24.3 Å². The minimum Gasteiger partial charge on any atom is -0.377 e. The van der Waals surface area contributed by atoms with Crippen LogP contribution in [0.4, 0.5) is 16.3 Å². The van der Waals surface area contributed by atoms with Gasteiger partial charge < -0.3 is 25.6 Å². The van der Waals surface area contributed by atoms with Gasteiger partial charge in [-0.3, -0.25) is 0 Å². The van der Waals surface area contributed by atoms with Crippen molar-refractivity contribution in [2.75, 3.05) is 43.1 Å². The highest BCUT2D eigenvalue weighted by Crippen LogP contribution is 2.35. The summed E-state index contributed by atoms with van der Waals surface area (Å²) in [7, 11) is 0. The molecule has 166 valence electrons. The molecule has 2 aliphatic heterocycles.